The van der Waals surface area contributed by atoms with E-state index in [4.69, 9.17) is 19.0 Å². The van der Waals surface area contributed by atoms with Crippen LogP contribution in [-0.4, -0.2) is 73.5 Å². The maximum absolute atomic E-state index is 14.0. The maximum Gasteiger partial charge on any atom is 0.408 e. The minimum Gasteiger partial charge on any atom is -0.450 e. The second-order valence-electron chi connectivity index (χ2n) is 12.7. The third kappa shape index (κ3) is 13.6. The zero-order chi connectivity index (χ0) is 32.9. The summed E-state index contributed by atoms with van der Waals surface area (Å²) in [5.41, 5.74) is 0.400. The molecule has 3 atom stereocenters. The highest BCUT2D eigenvalue weighted by Gasteiger charge is 2.38. The molecule has 0 aliphatic rings. The Morgan fingerprint density at radius 2 is 1.41 bits per heavy atom. The number of benzene rings is 2. The molecule has 2 aromatic rings. The summed E-state index contributed by atoms with van der Waals surface area (Å²) in [6.07, 6.45) is -2.17. The normalized spacial score (nSPS) is 13.6. The topological polar surface area (TPSA) is 132 Å². The number of hydroxylamine groups is 2. The van der Waals surface area contributed by atoms with E-state index in [0.29, 0.717) is 0 Å². The van der Waals surface area contributed by atoms with Crippen LogP contribution in [0.5, 0.6) is 0 Å². The van der Waals surface area contributed by atoms with Crippen molar-refractivity contribution in [2.75, 3.05) is 20.8 Å². The van der Waals surface area contributed by atoms with E-state index in [0.717, 1.165) is 16.2 Å². The molecule has 2 N–H and O–H groups in total. The van der Waals surface area contributed by atoms with Crippen LogP contribution in [0.1, 0.15) is 59.1 Å². The number of hydrogen-bond acceptors (Lipinski definition) is 8. The van der Waals surface area contributed by atoms with Gasteiger partial charge in [0.15, 0.2) is 0 Å². The highest BCUT2D eigenvalue weighted by atomic mass is 16.7. The SMILES string of the molecule is CON(C)C(=O)[C@H](COCc1ccccc1)NC(=O)C(OC(=O)CC(C)(C)C)[C@H](Cc1ccccc1)NC(=O)OC(C)(C)C. The van der Waals surface area contributed by atoms with Gasteiger partial charge < -0.3 is 24.8 Å². The molecule has 242 valence electrons. The molecule has 11 nitrogen and oxygen atoms in total. The van der Waals surface area contributed by atoms with Gasteiger partial charge >= 0.3 is 12.1 Å². The van der Waals surface area contributed by atoms with Gasteiger partial charge in [0, 0.05) is 7.05 Å². The molecule has 3 amide bonds. The Kier molecular flexibility index (Phi) is 13.8. The van der Waals surface area contributed by atoms with Gasteiger partial charge in [-0.15, -0.1) is 0 Å². The highest BCUT2D eigenvalue weighted by molar-refractivity contribution is 5.91. The fourth-order valence-corrected chi connectivity index (χ4v) is 4.10. The van der Waals surface area contributed by atoms with Crippen LogP contribution in [0.2, 0.25) is 0 Å². The van der Waals surface area contributed by atoms with Crippen molar-refractivity contribution < 1.29 is 38.2 Å². The molecule has 0 aliphatic heterocycles. The summed E-state index contributed by atoms with van der Waals surface area (Å²) >= 11 is 0. The van der Waals surface area contributed by atoms with E-state index in [1.165, 1.54) is 14.2 Å². The third-order valence-corrected chi connectivity index (χ3v) is 6.15. The van der Waals surface area contributed by atoms with E-state index < -0.39 is 53.1 Å². The standard InChI is InChI=1S/C33H47N3O8/c1-32(2,3)20-27(37)43-28(25(19-23-15-11-9-12-16-23)35-31(40)44-33(4,5)6)29(38)34-26(30(39)36(7)41-8)22-42-21-24-17-13-10-14-18-24/h9-18,25-26,28H,19-22H2,1-8H3,(H,34,38)(H,35,40)/t25-,26-,28?/m0/s1. The van der Waals surface area contributed by atoms with E-state index in [2.05, 4.69) is 10.6 Å². The Hall–Kier alpha value is -3.96. The summed E-state index contributed by atoms with van der Waals surface area (Å²) in [5, 5.41) is 6.36. The summed E-state index contributed by atoms with van der Waals surface area (Å²) in [6, 6.07) is 16.2. The predicted molar refractivity (Wildman–Crippen MR) is 165 cm³/mol. The van der Waals surface area contributed by atoms with Gasteiger partial charge in [-0.2, -0.15) is 0 Å². The van der Waals surface area contributed by atoms with Gasteiger partial charge in [-0.3, -0.25) is 19.2 Å². The van der Waals surface area contributed by atoms with Gasteiger partial charge in [0.2, 0.25) is 6.10 Å². The van der Waals surface area contributed by atoms with Crippen LogP contribution in [0.3, 0.4) is 0 Å². The van der Waals surface area contributed by atoms with Crippen molar-refractivity contribution in [2.45, 2.75) is 84.8 Å². The van der Waals surface area contributed by atoms with Crippen molar-refractivity contribution in [3.8, 4) is 0 Å². The van der Waals surface area contributed by atoms with Gasteiger partial charge in [-0.25, -0.2) is 9.86 Å². The number of likely N-dealkylation sites (N-methyl/N-ethyl adjacent to an activating group) is 1. The minimum atomic E-state index is -1.52. The van der Waals surface area contributed by atoms with Crippen LogP contribution in [-0.2, 0) is 46.5 Å². The average Bonchev–Trinajstić information content (AvgIpc) is 2.93. The van der Waals surface area contributed by atoms with Crippen molar-refractivity contribution in [3.05, 3.63) is 71.8 Å². The number of rotatable bonds is 14. The first-order chi connectivity index (χ1) is 20.6. The Morgan fingerprint density at radius 1 is 0.841 bits per heavy atom. The molecule has 0 bridgehead atoms. The van der Waals surface area contributed by atoms with Gasteiger partial charge in [-0.1, -0.05) is 81.4 Å². The molecular weight excluding hydrogens is 566 g/mol. The lowest BCUT2D eigenvalue weighted by Gasteiger charge is -2.31. The number of hydrogen-bond donors (Lipinski definition) is 2. The number of alkyl carbamates (subject to hydrolysis) is 1. The van der Waals surface area contributed by atoms with E-state index >= 15 is 0 Å². The molecule has 0 saturated heterocycles. The van der Waals surface area contributed by atoms with Crippen LogP contribution >= 0.6 is 0 Å². The smallest absolute Gasteiger partial charge is 0.408 e. The van der Waals surface area contributed by atoms with Crippen molar-refractivity contribution in [1.29, 1.82) is 0 Å². The van der Waals surface area contributed by atoms with Gasteiger partial charge in [0.1, 0.15) is 11.6 Å². The van der Waals surface area contributed by atoms with E-state index in [1.807, 2.05) is 81.4 Å². The summed E-state index contributed by atoms with van der Waals surface area (Å²) in [5.74, 6) is -2.03. The van der Waals surface area contributed by atoms with Crippen LogP contribution in [0, 0.1) is 5.41 Å². The van der Waals surface area contributed by atoms with Crippen LogP contribution in [0.15, 0.2) is 60.7 Å². The van der Waals surface area contributed by atoms with E-state index in [9.17, 15) is 19.2 Å². The van der Waals surface area contributed by atoms with Crippen molar-refractivity contribution >= 4 is 23.9 Å². The van der Waals surface area contributed by atoms with E-state index in [1.54, 1.807) is 20.8 Å². The second kappa shape index (κ2) is 16.8. The quantitative estimate of drug-likeness (QED) is 0.240. The molecule has 0 spiro atoms. The highest BCUT2D eigenvalue weighted by Crippen LogP contribution is 2.21. The Morgan fingerprint density at radius 3 is 1.93 bits per heavy atom. The summed E-state index contributed by atoms with van der Waals surface area (Å²) in [7, 11) is 2.72. The largest absolute Gasteiger partial charge is 0.450 e. The molecule has 2 aromatic carbocycles. The summed E-state index contributed by atoms with van der Waals surface area (Å²) in [4.78, 5) is 58.2. The van der Waals surface area contributed by atoms with Crippen LogP contribution in [0.4, 0.5) is 4.79 Å². The van der Waals surface area contributed by atoms with Crippen molar-refractivity contribution in [2.24, 2.45) is 5.41 Å². The number of amides is 3. The molecule has 2 rings (SSSR count). The van der Waals surface area contributed by atoms with Gasteiger partial charge in [-0.05, 0) is 43.7 Å². The minimum absolute atomic E-state index is 0.0102. The Labute approximate surface area is 260 Å². The zero-order valence-electron chi connectivity index (χ0n) is 27.0. The number of ether oxygens (including phenoxy) is 3. The first-order valence-electron chi connectivity index (χ1n) is 14.5. The fraction of sp³-hybridized carbons (Fsp3) is 0.515. The molecular formula is C33H47N3O8. The lowest BCUT2D eigenvalue weighted by molar-refractivity contribution is -0.174. The maximum atomic E-state index is 14.0. The summed E-state index contributed by atoms with van der Waals surface area (Å²) < 4.78 is 17.0. The van der Waals surface area contributed by atoms with Crippen molar-refractivity contribution in [1.82, 2.24) is 15.7 Å². The zero-order valence-corrected chi connectivity index (χ0v) is 27.0. The Bertz CT molecular complexity index is 1210. The predicted octanol–water partition coefficient (Wildman–Crippen LogP) is 4.19. The molecule has 0 heterocycles. The second-order valence-corrected chi connectivity index (χ2v) is 12.7. The Balaban J connectivity index is 2.41. The molecule has 0 radical (unpaired) electrons. The fourth-order valence-electron chi connectivity index (χ4n) is 4.10. The van der Waals surface area contributed by atoms with Gasteiger partial charge in [0.25, 0.3) is 11.8 Å². The summed E-state index contributed by atoms with van der Waals surface area (Å²) in [6.45, 7) is 10.7. The molecule has 11 heteroatoms. The lowest BCUT2D eigenvalue weighted by Crippen LogP contribution is -2.58. The number of carbonyl (C=O) groups excluding carboxylic acids is 4. The molecule has 1 unspecified atom stereocenters. The molecule has 44 heavy (non-hydrogen) atoms. The van der Waals surface area contributed by atoms with Gasteiger partial charge in [0.05, 0.1) is 32.8 Å². The molecule has 0 fully saturated rings. The molecule has 0 saturated carbocycles. The number of carbonyl (C=O) groups is 4. The lowest BCUT2D eigenvalue weighted by atomic mass is 9.92. The monoisotopic (exact) mass is 613 g/mol. The number of nitrogens with zero attached hydrogens (tertiary/aromatic N) is 1. The molecule has 0 aliphatic carbocycles. The number of esters is 1. The first kappa shape index (κ1) is 36.2. The first-order valence-corrected chi connectivity index (χ1v) is 14.5. The molecule has 0 aromatic heterocycles. The van der Waals surface area contributed by atoms with Crippen LogP contribution in [0.25, 0.3) is 0 Å². The van der Waals surface area contributed by atoms with Crippen molar-refractivity contribution in [3.63, 3.8) is 0 Å². The third-order valence-electron chi connectivity index (χ3n) is 6.15. The van der Waals surface area contributed by atoms with E-state index in [-0.39, 0.29) is 26.1 Å². The average molecular weight is 614 g/mol. The number of nitrogens with one attached hydrogen (secondary N) is 2. The van der Waals surface area contributed by atoms with Crippen LogP contribution < -0.4 is 10.6 Å².